The highest BCUT2D eigenvalue weighted by molar-refractivity contribution is 6.00. The summed E-state index contributed by atoms with van der Waals surface area (Å²) in [6.45, 7) is 1.56. The van der Waals surface area contributed by atoms with Gasteiger partial charge in [-0.2, -0.15) is 5.10 Å². The number of benzene rings is 2. The number of hydrogen-bond acceptors (Lipinski definition) is 6. The molecule has 3 rings (SSSR count). The van der Waals surface area contributed by atoms with E-state index in [-0.39, 0.29) is 11.3 Å². The number of aromatic amines is 1. The number of aromatic nitrogens is 2. The number of aromatic hydroxyl groups is 1. The maximum absolute atomic E-state index is 12.2. The average Bonchev–Trinajstić information content (AvgIpc) is 2.67. The first-order chi connectivity index (χ1) is 13.0. The lowest BCUT2D eigenvalue weighted by molar-refractivity contribution is 0.414. The molecule has 0 saturated carbocycles. The second-order valence-corrected chi connectivity index (χ2v) is 5.67. The van der Waals surface area contributed by atoms with Crippen molar-refractivity contribution in [1.82, 2.24) is 9.55 Å². The molecule has 138 valence electrons. The first-order valence-electron chi connectivity index (χ1n) is 8.09. The van der Waals surface area contributed by atoms with Crippen LogP contribution in [0, 0.1) is 0 Å². The van der Waals surface area contributed by atoms with Crippen molar-refractivity contribution in [2.24, 2.45) is 5.10 Å². The average molecular weight is 366 g/mol. The Morgan fingerprint density at radius 1 is 1.11 bits per heavy atom. The van der Waals surface area contributed by atoms with Crippen molar-refractivity contribution < 1.29 is 9.84 Å². The second kappa shape index (κ2) is 7.61. The Hall–Kier alpha value is -3.81. The van der Waals surface area contributed by atoms with Crippen LogP contribution >= 0.6 is 0 Å². The van der Waals surface area contributed by atoms with Gasteiger partial charge in [-0.05, 0) is 43.3 Å². The Kier molecular flexibility index (Phi) is 5.07. The molecule has 3 N–H and O–H groups in total. The van der Waals surface area contributed by atoms with E-state index in [0.717, 1.165) is 10.3 Å². The normalized spacial score (nSPS) is 11.3. The van der Waals surface area contributed by atoms with Crippen LogP contribution in [-0.4, -0.2) is 27.5 Å². The van der Waals surface area contributed by atoms with Crippen LogP contribution in [0.3, 0.4) is 0 Å². The third-order valence-corrected chi connectivity index (χ3v) is 3.90. The molecule has 1 heterocycles. The van der Waals surface area contributed by atoms with Crippen molar-refractivity contribution in [3.63, 3.8) is 0 Å². The van der Waals surface area contributed by atoms with E-state index in [1.165, 1.54) is 7.11 Å². The summed E-state index contributed by atoms with van der Waals surface area (Å²) in [6, 6.07) is 15.6. The van der Waals surface area contributed by atoms with Crippen molar-refractivity contribution in [1.29, 1.82) is 0 Å². The number of nitrogens with one attached hydrogen (secondary N) is 2. The molecule has 0 fully saturated rings. The van der Waals surface area contributed by atoms with E-state index in [0.29, 0.717) is 11.4 Å². The molecule has 0 unspecified atom stereocenters. The molecular formula is C19H18N4O4. The Labute approximate surface area is 154 Å². The van der Waals surface area contributed by atoms with Gasteiger partial charge in [0.2, 0.25) is 5.88 Å². The molecule has 0 bridgehead atoms. The summed E-state index contributed by atoms with van der Waals surface area (Å²) >= 11 is 0. The molecule has 3 aromatic rings. The van der Waals surface area contributed by atoms with Crippen molar-refractivity contribution in [3.05, 3.63) is 81.0 Å². The molecule has 2 aromatic carbocycles. The fourth-order valence-corrected chi connectivity index (χ4v) is 2.54. The summed E-state index contributed by atoms with van der Waals surface area (Å²) in [5.41, 5.74) is 2.54. The number of H-pyrrole nitrogens is 1. The first kappa shape index (κ1) is 18.0. The third-order valence-electron chi connectivity index (χ3n) is 3.90. The van der Waals surface area contributed by atoms with E-state index in [9.17, 15) is 14.7 Å². The molecule has 0 aliphatic heterocycles. The zero-order valence-electron chi connectivity index (χ0n) is 14.8. The third kappa shape index (κ3) is 3.74. The standard InChI is InChI=1S/C19H18N4O4/c1-12(21-22-13-6-4-3-5-7-13)16-17(24)20-19(26)23(18(16)25)14-8-10-15(27-2)11-9-14/h3-11,22,25H,1-2H3,(H,20,24,26). The zero-order valence-corrected chi connectivity index (χ0v) is 14.8. The van der Waals surface area contributed by atoms with Gasteiger partial charge < -0.3 is 9.84 Å². The Morgan fingerprint density at radius 3 is 2.41 bits per heavy atom. The summed E-state index contributed by atoms with van der Waals surface area (Å²) in [6.07, 6.45) is 0. The Balaban J connectivity index is 2.05. The van der Waals surface area contributed by atoms with Crippen molar-refractivity contribution in [2.45, 2.75) is 6.92 Å². The molecule has 0 spiro atoms. The van der Waals surface area contributed by atoms with Gasteiger partial charge in [-0.3, -0.25) is 15.2 Å². The summed E-state index contributed by atoms with van der Waals surface area (Å²) in [7, 11) is 1.52. The highest BCUT2D eigenvalue weighted by Crippen LogP contribution is 2.20. The van der Waals surface area contributed by atoms with Crippen LogP contribution in [0.1, 0.15) is 12.5 Å². The first-order valence-corrected chi connectivity index (χ1v) is 8.09. The number of hydrogen-bond donors (Lipinski definition) is 3. The number of rotatable bonds is 5. The van der Waals surface area contributed by atoms with Crippen LogP contribution in [0.2, 0.25) is 0 Å². The number of methoxy groups -OCH3 is 1. The molecule has 8 nitrogen and oxygen atoms in total. The molecule has 27 heavy (non-hydrogen) atoms. The maximum atomic E-state index is 12.2. The van der Waals surface area contributed by atoms with Crippen LogP contribution in [0.5, 0.6) is 11.6 Å². The van der Waals surface area contributed by atoms with Gasteiger partial charge in [-0.15, -0.1) is 0 Å². The predicted octanol–water partition coefficient (Wildman–Crippen LogP) is 2.08. The SMILES string of the molecule is COc1ccc(-n2c(O)c(C(C)=NNc3ccccc3)c(=O)[nH]c2=O)cc1. The second-order valence-electron chi connectivity index (χ2n) is 5.67. The molecular weight excluding hydrogens is 348 g/mol. The quantitative estimate of drug-likeness (QED) is 0.473. The molecule has 0 aliphatic rings. The molecule has 0 saturated heterocycles. The summed E-state index contributed by atoms with van der Waals surface area (Å²) in [5.74, 6) is 0.103. The largest absolute Gasteiger partial charge is 0.497 e. The fraction of sp³-hybridized carbons (Fsp3) is 0.105. The van der Waals surface area contributed by atoms with Crippen LogP contribution in [0.25, 0.3) is 5.69 Å². The van der Waals surface area contributed by atoms with Gasteiger partial charge in [0.15, 0.2) is 0 Å². The van der Waals surface area contributed by atoms with E-state index in [1.54, 1.807) is 43.3 Å². The fourth-order valence-electron chi connectivity index (χ4n) is 2.54. The van der Waals surface area contributed by atoms with Crippen LogP contribution in [-0.2, 0) is 0 Å². The zero-order chi connectivity index (χ0) is 19.4. The topological polar surface area (TPSA) is 109 Å². The predicted molar refractivity (Wildman–Crippen MR) is 103 cm³/mol. The van der Waals surface area contributed by atoms with Crippen LogP contribution in [0.4, 0.5) is 5.69 Å². The highest BCUT2D eigenvalue weighted by Gasteiger charge is 2.18. The minimum Gasteiger partial charge on any atom is -0.497 e. The molecule has 0 amide bonds. The lowest BCUT2D eigenvalue weighted by atomic mass is 10.2. The Morgan fingerprint density at radius 2 is 1.78 bits per heavy atom. The summed E-state index contributed by atoms with van der Waals surface area (Å²) < 4.78 is 6.08. The minimum atomic E-state index is -0.754. The van der Waals surface area contributed by atoms with Crippen molar-refractivity contribution >= 4 is 11.4 Å². The van der Waals surface area contributed by atoms with E-state index in [1.807, 2.05) is 18.2 Å². The van der Waals surface area contributed by atoms with Crippen molar-refractivity contribution in [2.75, 3.05) is 12.5 Å². The molecule has 0 radical (unpaired) electrons. The number of anilines is 1. The monoisotopic (exact) mass is 366 g/mol. The summed E-state index contributed by atoms with van der Waals surface area (Å²) in [5, 5.41) is 14.7. The number of ether oxygens (including phenoxy) is 1. The van der Waals surface area contributed by atoms with Gasteiger partial charge in [0.05, 0.1) is 24.2 Å². The highest BCUT2D eigenvalue weighted by atomic mass is 16.5. The van der Waals surface area contributed by atoms with E-state index in [4.69, 9.17) is 4.74 Å². The number of para-hydroxylation sites is 1. The molecule has 1 aromatic heterocycles. The number of hydrazone groups is 1. The lowest BCUT2D eigenvalue weighted by Gasteiger charge is -2.12. The van der Waals surface area contributed by atoms with Crippen LogP contribution in [0.15, 0.2) is 69.3 Å². The molecule has 0 aliphatic carbocycles. The van der Waals surface area contributed by atoms with Gasteiger partial charge >= 0.3 is 5.69 Å². The summed E-state index contributed by atoms with van der Waals surface area (Å²) in [4.78, 5) is 26.7. The van der Waals surface area contributed by atoms with Gasteiger partial charge in [0.1, 0.15) is 11.3 Å². The minimum absolute atomic E-state index is 0.103. The van der Waals surface area contributed by atoms with Crippen LogP contribution < -0.4 is 21.4 Å². The van der Waals surface area contributed by atoms with Crippen molar-refractivity contribution in [3.8, 4) is 17.3 Å². The Bertz CT molecular complexity index is 1080. The molecule has 0 atom stereocenters. The number of nitrogens with zero attached hydrogens (tertiary/aromatic N) is 2. The molecule has 8 heteroatoms. The van der Waals surface area contributed by atoms with E-state index in [2.05, 4.69) is 15.5 Å². The van der Waals surface area contributed by atoms with Gasteiger partial charge in [-0.25, -0.2) is 9.36 Å². The van der Waals surface area contributed by atoms with Gasteiger partial charge in [0.25, 0.3) is 5.56 Å². The van der Waals surface area contributed by atoms with E-state index < -0.39 is 17.1 Å². The maximum Gasteiger partial charge on any atom is 0.335 e. The lowest BCUT2D eigenvalue weighted by Crippen LogP contribution is -2.32. The van der Waals surface area contributed by atoms with E-state index >= 15 is 0 Å². The smallest absolute Gasteiger partial charge is 0.335 e. The van der Waals surface area contributed by atoms with Gasteiger partial charge in [0, 0.05) is 0 Å². The van der Waals surface area contributed by atoms with Gasteiger partial charge in [-0.1, -0.05) is 18.2 Å².